The van der Waals surface area contributed by atoms with Gasteiger partial charge in [0.15, 0.2) is 0 Å². The SMILES string of the molecule is CCOC(=O)c1sc2nc(CN[C@@H](C)c3ccccc3Cl)nc(N)c2c1C. The zero-order chi connectivity index (χ0) is 19.6. The number of hydrogen-bond donors (Lipinski definition) is 2. The molecule has 6 nitrogen and oxygen atoms in total. The summed E-state index contributed by atoms with van der Waals surface area (Å²) in [7, 11) is 0. The number of carbonyl (C=O) groups is 1. The topological polar surface area (TPSA) is 90.1 Å². The first-order valence-electron chi connectivity index (χ1n) is 8.62. The fraction of sp³-hybridized carbons (Fsp3) is 0.316. The van der Waals surface area contributed by atoms with Gasteiger partial charge in [0.2, 0.25) is 0 Å². The predicted molar refractivity (Wildman–Crippen MR) is 109 cm³/mol. The molecule has 8 heteroatoms. The molecule has 0 unspecified atom stereocenters. The molecule has 0 spiro atoms. The number of nitrogens with zero attached hydrogens (tertiary/aromatic N) is 2. The summed E-state index contributed by atoms with van der Waals surface area (Å²) >= 11 is 7.53. The second kappa shape index (κ2) is 8.21. The highest BCUT2D eigenvalue weighted by atomic mass is 35.5. The van der Waals surface area contributed by atoms with E-state index >= 15 is 0 Å². The van der Waals surface area contributed by atoms with E-state index in [9.17, 15) is 4.79 Å². The van der Waals surface area contributed by atoms with E-state index in [1.165, 1.54) is 11.3 Å². The summed E-state index contributed by atoms with van der Waals surface area (Å²) in [5.41, 5.74) is 7.91. The minimum atomic E-state index is -0.357. The number of esters is 1. The second-order valence-electron chi connectivity index (χ2n) is 6.11. The fourth-order valence-electron chi connectivity index (χ4n) is 2.87. The Morgan fingerprint density at radius 2 is 2.11 bits per heavy atom. The Balaban J connectivity index is 1.84. The summed E-state index contributed by atoms with van der Waals surface area (Å²) in [6, 6.07) is 7.72. The van der Waals surface area contributed by atoms with Crippen LogP contribution in [-0.4, -0.2) is 22.5 Å². The molecule has 0 bridgehead atoms. The number of nitrogens with one attached hydrogen (secondary N) is 1. The molecule has 27 heavy (non-hydrogen) atoms. The lowest BCUT2D eigenvalue weighted by Crippen LogP contribution is -2.20. The van der Waals surface area contributed by atoms with E-state index in [2.05, 4.69) is 15.3 Å². The fourth-order valence-corrected chi connectivity index (χ4v) is 4.27. The smallest absolute Gasteiger partial charge is 0.348 e. The van der Waals surface area contributed by atoms with Gasteiger partial charge in [-0.1, -0.05) is 29.8 Å². The van der Waals surface area contributed by atoms with Gasteiger partial charge in [-0.25, -0.2) is 14.8 Å². The molecule has 3 N–H and O–H groups in total. The van der Waals surface area contributed by atoms with Crippen molar-refractivity contribution < 1.29 is 9.53 Å². The molecule has 142 valence electrons. The largest absolute Gasteiger partial charge is 0.462 e. The highest BCUT2D eigenvalue weighted by molar-refractivity contribution is 7.20. The molecule has 3 rings (SSSR count). The maximum Gasteiger partial charge on any atom is 0.348 e. The van der Waals surface area contributed by atoms with Crippen LogP contribution in [0.3, 0.4) is 0 Å². The number of fused-ring (bicyclic) bond motifs is 1. The number of nitrogen functional groups attached to an aromatic ring is 1. The average molecular weight is 405 g/mol. The van der Waals surface area contributed by atoms with E-state index in [-0.39, 0.29) is 12.0 Å². The molecule has 2 aromatic heterocycles. The highest BCUT2D eigenvalue weighted by Crippen LogP contribution is 2.33. The van der Waals surface area contributed by atoms with Crippen LogP contribution in [0.2, 0.25) is 5.02 Å². The number of benzene rings is 1. The Morgan fingerprint density at radius 1 is 1.37 bits per heavy atom. The number of aryl methyl sites for hydroxylation is 1. The van der Waals surface area contributed by atoms with Crippen LogP contribution in [0.4, 0.5) is 5.82 Å². The first-order chi connectivity index (χ1) is 12.9. The molecule has 0 amide bonds. The summed E-state index contributed by atoms with van der Waals surface area (Å²) in [5.74, 6) is 0.575. The van der Waals surface area contributed by atoms with Gasteiger partial charge in [-0.15, -0.1) is 11.3 Å². The van der Waals surface area contributed by atoms with Crippen molar-refractivity contribution >= 4 is 44.9 Å². The molecule has 2 heterocycles. The molecule has 0 saturated carbocycles. The Morgan fingerprint density at radius 3 is 2.81 bits per heavy atom. The van der Waals surface area contributed by atoms with Crippen LogP contribution in [-0.2, 0) is 11.3 Å². The van der Waals surface area contributed by atoms with Crippen molar-refractivity contribution in [1.29, 1.82) is 0 Å². The van der Waals surface area contributed by atoms with Crippen molar-refractivity contribution in [2.75, 3.05) is 12.3 Å². The highest BCUT2D eigenvalue weighted by Gasteiger charge is 2.20. The molecule has 0 radical (unpaired) electrons. The van der Waals surface area contributed by atoms with Crippen molar-refractivity contribution in [2.24, 2.45) is 0 Å². The van der Waals surface area contributed by atoms with Crippen molar-refractivity contribution in [1.82, 2.24) is 15.3 Å². The zero-order valence-corrected chi connectivity index (χ0v) is 16.9. The summed E-state index contributed by atoms with van der Waals surface area (Å²) in [6.45, 7) is 6.39. The number of hydrogen-bond acceptors (Lipinski definition) is 7. The first kappa shape index (κ1) is 19.5. The van der Waals surface area contributed by atoms with E-state index in [0.717, 1.165) is 11.1 Å². The van der Waals surface area contributed by atoms with Crippen LogP contribution in [0, 0.1) is 6.92 Å². The van der Waals surface area contributed by atoms with Crippen LogP contribution in [0.5, 0.6) is 0 Å². The number of nitrogens with two attached hydrogens (primary N) is 1. The Hall–Kier alpha value is -2.22. The lowest BCUT2D eigenvalue weighted by molar-refractivity contribution is 0.0531. The minimum absolute atomic E-state index is 0.0272. The van der Waals surface area contributed by atoms with Crippen LogP contribution in [0.15, 0.2) is 24.3 Å². The average Bonchev–Trinajstić information content (AvgIpc) is 2.97. The van der Waals surface area contributed by atoms with Gasteiger partial charge in [0.1, 0.15) is 21.3 Å². The van der Waals surface area contributed by atoms with Crippen molar-refractivity contribution in [3.05, 3.63) is 51.1 Å². The van der Waals surface area contributed by atoms with E-state index < -0.39 is 0 Å². The molecule has 0 aliphatic rings. The molecule has 0 saturated heterocycles. The van der Waals surface area contributed by atoms with Crippen LogP contribution < -0.4 is 11.1 Å². The summed E-state index contributed by atoms with van der Waals surface area (Å²) in [5, 5.41) is 4.78. The standard InChI is InChI=1S/C19H21ClN4O2S/c1-4-26-19(25)16-10(2)15-17(21)23-14(24-18(15)27-16)9-22-11(3)12-7-5-6-8-13(12)20/h5-8,11,22H,4,9H2,1-3H3,(H2,21,23,24)/t11-/m0/s1. The van der Waals surface area contributed by atoms with Crippen LogP contribution in [0.1, 0.15) is 46.5 Å². The quantitative estimate of drug-likeness (QED) is 0.596. The van der Waals surface area contributed by atoms with E-state index in [1.807, 2.05) is 38.1 Å². The van der Waals surface area contributed by atoms with E-state index in [4.69, 9.17) is 22.1 Å². The normalized spacial score (nSPS) is 12.3. The zero-order valence-electron chi connectivity index (χ0n) is 15.4. The molecule has 1 atom stereocenters. The third kappa shape index (κ3) is 4.05. The molecule has 1 aromatic carbocycles. The number of aromatic nitrogens is 2. The molecule has 0 fully saturated rings. The maximum absolute atomic E-state index is 12.1. The monoisotopic (exact) mass is 404 g/mol. The van der Waals surface area contributed by atoms with Crippen LogP contribution in [0.25, 0.3) is 10.2 Å². The molecule has 0 aliphatic heterocycles. The Labute approximate surface area is 166 Å². The third-order valence-electron chi connectivity index (χ3n) is 4.26. The third-order valence-corrected chi connectivity index (χ3v) is 5.77. The van der Waals surface area contributed by atoms with E-state index in [0.29, 0.717) is 44.9 Å². The first-order valence-corrected chi connectivity index (χ1v) is 9.82. The van der Waals surface area contributed by atoms with Crippen molar-refractivity contribution in [3.63, 3.8) is 0 Å². The van der Waals surface area contributed by atoms with Gasteiger partial charge >= 0.3 is 5.97 Å². The van der Waals surface area contributed by atoms with Crippen molar-refractivity contribution in [3.8, 4) is 0 Å². The van der Waals surface area contributed by atoms with Gasteiger partial charge in [0.25, 0.3) is 0 Å². The predicted octanol–water partition coefficient (Wildman–Crippen LogP) is 4.26. The number of rotatable bonds is 6. The number of ether oxygens (including phenoxy) is 1. The summed E-state index contributed by atoms with van der Waals surface area (Å²) < 4.78 is 5.11. The molecule has 0 aliphatic carbocycles. The lowest BCUT2D eigenvalue weighted by Gasteiger charge is -2.15. The van der Waals surface area contributed by atoms with Gasteiger partial charge in [0, 0.05) is 11.1 Å². The Kier molecular flexibility index (Phi) is 5.94. The molecular formula is C19H21ClN4O2S. The van der Waals surface area contributed by atoms with Gasteiger partial charge in [0.05, 0.1) is 18.5 Å². The van der Waals surface area contributed by atoms with Gasteiger partial charge < -0.3 is 15.8 Å². The molecular weight excluding hydrogens is 384 g/mol. The minimum Gasteiger partial charge on any atom is -0.462 e. The molecule has 3 aromatic rings. The lowest BCUT2D eigenvalue weighted by atomic mass is 10.1. The van der Waals surface area contributed by atoms with Gasteiger partial charge in [-0.05, 0) is 38.0 Å². The van der Waals surface area contributed by atoms with Crippen molar-refractivity contribution in [2.45, 2.75) is 33.4 Å². The summed E-state index contributed by atoms with van der Waals surface area (Å²) in [4.78, 5) is 22.3. The number of halogens is 1. The number of carbonyl (C=O) groups excluding carboxylic acids is 1. The summed E-state index contributed by atoms with van der Waals surface area (Å²) in [6.07, 6.45) is 0. The van der Waals surface area contributed by atoms with Crippen LogP contribution >= 0.6 is 22.9 Å². The second-order valence-corrected chi connectivity index (χ2v) is 7.51. The van der Waals surface area contributed by atoms with Gasteiger partial charge in [-0.2, -0.15) is 0 Å². The van der Waals surface area contributed by atoms with E-state index in [1.54, 1.807) is 6.92 Å². The number of thiophene rings is 1. The number of anilines is 1. The Bertz CT molecular complexity index is 989. The maximum atomic E-state index is 12.1. The van der Waals surface area contributed by atoms with Gasteiger partial charge in [-0.3, -0.25) is 0 Å².